The van der Waals surface area contributed by atoms with Crippen LogP contribution in [0.2, 0.25) is 0 Å². The Bertz CT molecular complexity index is 555. The van der Waals surface area contributed by atoms with Crippen molar-refractivity contribution in [2.75, 3.05) is 7.11 Å². The van der Waals surface area contributed by atoms with E-state index in [1.165, 1.54) is 19.3 Å². The second-order valence-electron chi connectivity index (χ2n) is 3.56. The molecule has 5 nitrogen and oxygen atoms in total. The number of carbonyl (C=O) groups excluding carboxylic acids is 1. The fraction of sp³-hybridized carbons (Fsp3) is 0.154. The lowest BCUT2D eigenvalue weighted by atomic mass is 10.1. The van der Waals surface area contributed by atoms with Crippen molar-refractivity contribution in [1.82, 2.24) is 9.97 Å². The van der Waals surface area contributed by atoms with Crippen LogP contribution in [0.3, 0.4) is 0 Å². The van der Waals surface area contributed by atoms with Crippen molar-refractivity contribution in [3.8, 4) is 17.4 Å². The summed E-state index contributed by atoms with van der Waals surface area (Å²) in [5.41, 5.74) is 0.474. The SMILES string of the molecule is COc1ccc(C(C)=O)c(Oc2cnccn2)c1. The van der Waals surface area contributed by atoms with Gasteiger partial charge in [0.1, 0.15) is 11.5 Å². The Morgan fingerprint density at radius 3 is 2.72 bits per heavy atom. The van der Waals surface area contributed by atoms with Crippen molar-refractivity contribution in [2.45, 2.75) is 6.92 Å². The van der Waals surface area contributed by atoms with E-state index in [1.807, 2.05) is 0 Å². The molecular weight excluding hydrogens is 232 g/mol. The van der Waals surface area contributed by atoms with Crippen LogP contribution in [-0.2, 0) is 0 Å². The van der Waals surface area contributed by atoms with Crippen molar-refractivity contribution < 1.29 is 14.3 Å². The van der Waals surface area contributed by atoms with E-state index in [-0.39, 0.29) is 5.78 Å². The molecule has 0 saturated heterocycles. The monoisotopic (exact) mass is 244 g/mol. The van der Waals surface area contributed by atoms with E-state index in [1.54, 1.807) is 31.5 Å². The molecule has 2 aromatic rings. The zero-order chi connectivity index (χ0) is 13.0. The number of ketones is 1. The van der Waals surface area contributed by atoms with Crippen molar-refractivity contribution in [2.24, 2.45) is 0 Å². The minimum absolute atomic E-state index is 0.0865. The molecule has 0 saturated carbocycles. The Morgan fingerprint density at radius 1 is 1.28 bits per heavy atom. The topological polar surface area (TPSA) is 61.3 Å². The van der Waals surface area contributed by atoms with Gasteiger partial charge in [0.25, 0.3) is 0 Å². The standard InChI is InChI=1S/C13H12N2O3/c1-9(16)11-4-3-10(17-2)7-12(11)18-13-8-14-5-6-15-13/h3-8H,1-2H3. The largest absolute Gasteiger partial charge is 0.497 e. The van der Waals surface area contributed by atoms with E-state index >= 15 is 0 Å². The molecule has 0 aliphatic rings. The number of hydrogen-bond donors (Lipinski definition) is 0. The van der Waals surface area contributed by atoms with Gasteiger partial charge in [0, 0.05) is 18.5 Å². The van der Waals surface area contributed by atoms with Gasteiger partial charge in [-0.2, -0.15) is 0 Å². The number of methoxy groups -OCH3 is 1. The highest BCUT2D eigenvalue weighted by atomic mass is 16.5. The predicted octanol–water partition coefficient (Wildman–Crippen LogP) is 2.48. The van der Waals surface area contributed by atoms with Gasteiger partial charge in [0.15, 0.2) is 5.78 Å². The van der Waals surface area contributed by atoms with Gasteiger partial charge in [-0.15, -0.1) is 0 Å². The van der Waals surface area contributed by atoms with Crippen LogP contribution in [-0.4, -0.2) is 22.9 Å². The number of rotatable bonds is 4. The molecule has 0 N–H and O–H groups in total. The zero-order valence-electron chi connectivity index (χ0n) is 10.1. The Kier molecular flexibility index (Phi) is 3.52. The van der Waals surface area contributed by atoms with Crippen LogP contribution in [0, 0.1) is 0 Å². The van der Waals surface area contributed by atoms with E-state index < -0.39 is 0 Å². The molecule has 0 aliphatic carbocycles. The molecule has 1 heterocycles. The normalized spacial score (nSPS) is 9.89. The zero-order valence-corrected chi connectivity index (χ0v) is 10.1. The molecule has 0 spiro atoms. The second-order valence-corrected chi connectivity index (χ2v) is 3.56. The average molecular weight is 244 g/mol. The Balaban J connectivity index is 2.38. The maximum absolute atomic E-state index is 11.5. The highest BCUT2D eigenvalue weighted by Crippen LogP contribution is 2.28. The molecule has 0 atom stereocenters. The van der Waals surface area contributed by atoms with Gasteiger partial charge < -0.3 is 9.47 Å². The molecule has 0 radical (unpaired) electrons. The van der Waals surface area contributed by atoms with Gasteiger partial charge in [0.2, 0.25) is 5.88 Å². The van der Waals surface area contributed by atoms with E-state index in [2.05, 4.69) is 9.97 Å². The third-order valence-electron chi connectivity index (χ3n) is 2.32. The molecule has 2 rings (SSSR count). The summed E-state index contributed by atoms with van der Waals surface area (Å²) in [7, 11) is 1.55. The molecule has 0 fully saturated rings. The summed E-state index contributed by atoms with van der Waals surface area (Å²) in [6.07, 6.45) is 4.54. The summed E-state index contributed by atoms with van der Waals surface area (Å²) < 4.78 is 10.6. The Labute approximate surface area is 104 Å². The summed E-state index contributed by atoms with van der Waals surface area (Å²) in [6.45, 7) is 1.48. The molecule has 0 amide bonds. The van der Waals surface area contributed by atoms with E-state index in [4.69, 9.17) is 9.47 Å². The highest BCUT2D eigenvalue weighted by Gasteiger charge is 2.11. The van der Waals surface area contributed by atoms with Gasteiger partial charge in [-0.05, 0) is 19.1 Å². The summed E-state index contributed by atoms with van der Waals surface area (Å²) in [5.74, 6) is 1.26. The van der Waals surface area contributed by atoms with E-state index in [9.17, 15) is 4.79 Å². The Morgan fingerprint density at radius 2 is 2.11 bits per heavy atom. The molecule has 1 aromatic carbocycles. The van der Waals surface area contributed by atoms with E-state index in [0.717, 1.165) is 0 Å². The molecule has 0 unspecified atom stereocenters. The summed E-state index contributed by atoms with van der Waals surface area (Å²) in [5, 5.41) is 0. The first-order valence-corrected chi connectivity index (χ1v) is 5.33. The molecular formula is C13H12N2O3. The van der Waals surface area contributed by atoms with E-state index in [0.29, 0.717) is 22.9 Å². The van der Waals surface area contributed by atoms with Gasteiger partial charge in [-0.3, -0.25) is 9.78 Å². The third kappa shape index (κ3) is 2.63. The number of benzene rings is 1. The summed E-state index contributed by atoms with van der Waals surface area (Å²) in [6, 6.07) is 5.01. The predicted molar refractivity (Wildman–Crippen MR) is 65.1 cm³/mol. The van der Waals surface area contributed by atoms with Crippen molar-refractivity contribution in [3.63, 3.8) is 0 Å². The first kappa shape index (κ1) is 12.0. The van der Waals surface area contributed by atoms with Crippen LogP contribution in [0.25, 0.3) is 0 Å². The maximum Gasteiger partial charge on any atom is 0.237 e. The summed E-state index contributed by atoms with van der Waals surface area (Å²) >= 11 is 0. The molecule has 5 heteroatoms. The minimum Gasteiger partial charge on any atom is -0.497 e. The second kappa shape index (κ2) is 5.27. The van der Waals surface area contributed by atoms with Gasteiger partial charge >= 0.3 is 0 Å². The number of nitrogens with zero attached hydrogens (tertiary/aromatic N) is 2. The van der Waals surface area contributed by atoms with Crippen LogP contribution in [0.1, 0.15) is 17.3 Å². The molecule has 0 aliphatic heterocycles. The number of ether oxygens (including phenoxy) is 2. The molecule has 92 valence electrons. The fourth-order valence-corrected chi connectivity index (χ4v) is 1.46. The lowest BCUT2D eigenvalue weighted by molar-refractivity contribution is 0.101. The number of aromatic nitrogens is 2. The molecule has 0 bridgehead atoms. The third-order valence-corrected chi connectivity index (χ3v) is 2.32. The first-order chi connectivity index (χ1) is 8.70. The van der Waals surface area contributed by atoms with Crippen LogP contribution in [0.5, 0.6) is 17.4 Å². The van der Waals surface area contributed by atoms with Gasteiger partial charge in [-0.25, -0.2) is 4.98 Å². The van der Waals surface area contributed by atoms with Crippen LogP contribution < -0.4 is 9.47 Å². The molecule has 18 heavy (non-hydrogen) atoms. The van der Waals surface area contributed by atoms with Crippen molar-refractivity contribution in [1.29, 1.82) is 0 Å². The summed E-state index contributed by atoms with van der Waals surface area (Å²) in [4.78, 5) is 19.4. The fourth-order valence-electron chi connectivity index (χ4n) is 1.46. The van der Waals surface area contributed by atoms with Gasteiger partial charge in [0.05, 0.1) is 18.9 Å². The maximum atomic E-state index is 11.5. The lowest BCUT2D eigenvalue weighted by Gasteiger charge is -2.09. The average Bonchev–Trinajstić information content (AvgIpc) is 2.39. The van der Waals surface area contributed by atoms with Crippen LogP contribution in [0.4, 0.5) is 0 Å². The van der Waals surface area contributed by atoms with Gasteiger partial charge in [-0.1, -0.05) is 0 Å². The number of Topliss-reactive ketones (excluding diaryl/α,β-unsaturated/α-hetero) is 1. The number of hydrogen-bond acceptors (Lipinski definition) is 5. The molecule has 1 aromatic heterocycles. The Hall–Kier alpha value is -2.43. The van der Waals surface area contributed by atoms with Crippen LogP contribution in [0.15, 0.2) is 36.8 Å². The van der Waals surface area contributed by atoms with Crippen LogP contribution >= 0.6 is 0 Å². The lowest BCUT2D eigenvalue weighted by Crippen LogP contribution is -1.98. The van der Waals surface area contributed by atoms with Crippen molar-refractivity contribution >= 4 is 5.78 Å². The highest BCUT2D eigenvalue weighted by molar-refractivity contribution is 5.97. The smallest absolute Gasteiger partial charge is 0.237 e. The minimum atomic E-state index is -0.0865. The number of carbonyl (C=O) groups is 1. The van der Waals surface area contributed by atoms with Crippen molar-refractivity contribution in [3.05, 3.63) is 42.4 Å². The first-order valence-electron chi connectivity index (χ1n) is 5.33. The quantitative estimate of drug-likeness (QED) is 0.773.